The lowest BCUT2D eigenvalue weighted by atomic mass is 9.98. The summed E-state index contributed by atoms with van der Waals surface area (Å²) in [5, 5.41) is 8.51. The number of hydrogen-bond acceptors (Lipinski definition) is 4. The maximum Gasteiger partial charge on any atom is 0.430 e. The van der Waals surface area contributed by atoms with Crippen LogP contribution >= 0.6 is 27.5 Å². The van der Waals surface area contributed by atoms with E-state index in [2.05, 4.69) is 20.7 Å². The van der Waals surface area contributed by atoms with Gasteiger partial charge in [-0.2, -0.15) is 13.2 Å². The minimum atomic E-state index is -5.60. The summed E-state index contributed by atoms with van der Waals surface area (Å²) < 4.78 is 56.5. The topological polar surface area (TPSA) is 75.6 Å². The average Bonchev–Trinajstić information content (AvgIpc) is 2.46. The molecule has 0 aromatic heterocycles. The number of rotatable bonds is 4. The Morgan fingerprint density at radius 1 is 1.39 bits per heavy atom. The number of amides is 1. The van der Waals surface area contributed by atoms with Crippen molar-refractivity contribution in [2.75, 3.05) is 12.4 Å². The molecule has 0 spiro atoms. The van der Waals surface area contributed by atoms with Gasteiger partial charge in [0.25, 0.3) is 5.60 Å². The molecular weight excluding hydrogens is 413 g/mol. The van der Waals surface area contributed by atoms with Gasteiger partial charge in [-0.25, -0.2) is 9.18 Å². The van der Waals surface area contributed by atoms with Crippen LogP contribution in [0.15, 0.2) is 22.7 Å². The third-order valence-electron chi connectivity index (χ3n) is 2.71. The second-order valence-corrected chi connectivity index (χ2v) is 5.58. The van der Waals surface area contributed by atoms with Gasteiger partial charge in [0, 0.05) is 4.47 Å². The van der Waals surface area contributed by atoms with Gasteiger partial charge in [0.2, 0.25) is 5.91 Å². The van der Waals surface area contributed by atoms with Gasteiger partial charge < -0.3 is 15.2 Å². The molecule has 0 saturated carbocycles. The number of esters is 1. The zero-order valence-corrected chi connectivity index (χ0v) is 13.6. The van der Waals surface area contributed by atoms with Crippen molar-refractivity contribution in [1.29, 1.82) is 0 Å². The molecule has 0 aliphatic heterocycles. The fourth-order valence-corrected chi connectivity index (χ4v) is 2.10. The largest absolute Gasteiger partial charge is 0.467 e. The van der Waals surface area contributed by atoms with Crippen LogP contribution in [-0.4, -0.2) is 41.2 Å². The zero-order valence-electron chi connectivity index (χ0n) is 11.2. The zero-order chi connectivity index (χ0) is 18.0. The second kappa shape index (κ2) is 7.02. The number of methoxy groups -OCH3 is 1. The summed E-state index contributed by atoms with van der Waals surface area (Å²) in [7, 11) is 0.578. The van der Waals surface area contributed by atoms with Gasteiger partial charge in [0.05, 0.1) is 12.8 Å². The third kappa shape index (κ3) is 3.93. The van der Waals surface area contributed by atoms with Crippen LogP contribution in [0.5, 0.6) is 0 Å². The normalized spacial score (nSPS) is 15.5. The molecule has 0 fully saturated rings. The van der Waals surface area contributed by atoms with Crippen molar-refractivity contribution in [1.82, 2.24) is 0 Å². The van der Waals surface area contributed by atoms with E-state index in [1.807, 2.05) is 0 Å². The van der Waals surface area contributed by atoms with Gasteiger partial charge in [-0.3, -0.25) is 4.79 Å². The number of carbonyl (C=O) groups is 2. The van der Waals surface area contributed by atoms with Gasteiger partial charge >= 0.3 is 12.1 Å². The SMILES string of the molecule is COC(=O)[C@](O)([C@@H](Cl)C(=O)Nc1ccc(Br)cc1F)C(F)(F)F. The van der Waals surface area contributed by atoms with Crippen molar-refractivity contribution >= 4 is 45.1 Å². The standard InChI is InChI=1S/C12H9BrClF4NO4/c1-23-10(21)11(22,12(16,17)18)8(14)9(20)19-7-3-2-5(13)4-6(7)15/h2-4,8,22H,1H3,(H,19,20)/t8-,11+/m0/s1. The van der Waals surface area contributed by atoms with E-state index < -0.39 is 40.5 Å². The number of nitrogens with one attached hydrogen (secondary N) is 1. The molecule has 5 nitrogen and oxygen atoms in total. The summed E-state index contributed by atoms with van der Waals surface area (Å²) >= 11 is 8.26. The molecule has 2 N–H and O–H groups in total. The van der Waals surface area contributed by atoms with Gasteiger partial charge in [-0.15, -0.1) is 11.6 Å². The molecule has 0 radical (unpaired) electrons. The Hall–Kier alpha value is -1.39. The molecule has 0 saturated heterocycles. The monoisotopic (exact) mass is 421 g/mol. The molecule has 0 bridgehead atoms. The van der Waals surface area contributed by atoms with Crippen LogP contribution in [0.3, 0.4) is 0 Å². The van der Waals surface area contributed by atoms with Crippen LogP contribution in [0.25, 0.3) is 0 Å². The molecular formula is C12H9BrClF4NO4. The van der Waals surface area contributed by atoms with Gasteiger partial charge in [-0.05, 0) is 18.2 Å². The smallest absolute Gasteiger partial charge is 0.430 e. The van der Waals surface area contributed by atoms with Gasteiger partial charge in [-0.1, -0.05) is 15.9 Å². The van der Waals surface area contributed by atoms with Gasteiger partial charge in [0.1, 0.15) is 5.82 Å². The van der Waals surface area contributed by atoms with Crippen molar-refractivity contribution in [3.05, 3.63) is 28.5 Å². The molecule has 0 heterocycles. The molecule has 1 amide bonds. The number of benzene rings is 1. The highest BCUT2D eigenvalue weighted by molar-refractivity contribution is 9.10. The molecule has 23 heavy (non-hydrogen) atoms. The average molecular weight is 423 g/mol. The third-order valence-corrected chi connectivity index (χ3v) is 3.72. The van der Waals surface area contributed by atoms with Crippen LogP contribution in [0.4, 0.5) is 23.2 Å². The summed E-state index contributed by atoms with van der Waals surface area (Å²) in [5.41, 5.74) is -4.78. The van der Waals surface area contributed by atoms with Crippen molar-refractivity contribution < 1.29 is 37.0 Å². The van der Waals surface area contributed by atoms with Gasteiger partial charge in [0.15, 0.2) is 5.38 Å². The highest BCUT2D eigenvalue weighted by atomic mass is 79.9. The van der Waals surface area contributed by atoms with E-state index in [4.69, 9.17) is 11.6 Å². The summed E-state index contributed by atoms with van der Waals surface area (Å²) in [4.78, 5) is 23.0. The fourth-order valence-electron chi connectivity index (χ4n) is 1.50. The number of aliphatic hydroxyl groups is 1. The van der Waals surface area contributed by atoms with Crippen LogP contribution in [0, 0.1) is 5.82 Å². The maximum absolute atomic E-state index is 13.6. The molecule has 1 aromatic rings. The van der Waals surface area contributed by atoms with E-state index in [-0.39, 0.29) is 0 Å². The lowest BCUT2D eigenvalue weighted by molar-refractivity contribution is -0.260. The van der Waals surface area contributed by atoms with E-state index in [0.29, 0.717) is 11.6 Å². The molecule has 0 unspecified atom stereocenters. The molecule has 128 valence electrons. The summed E-state index contributed by atoms with van der Waals surface area (Å²) in [6.45, 7) is 0. The van der Waals surface area contributed by atoms with E-state index >= 15 is 0 Å². The Bertz CT molecular complexity index is 628. The van der Waals surface area contributed by atoms with E-state index in [1.54, 1.807) is 5.32 Å². The minimum Gasteiger partial charge on any atom is -0.467 e. The van der Waals surface area contributed by atoms with E-state index in [1.165, 1.54) is 6.07 Å². The number of ether oxygens (including phenoxy) is 1. The highest BCUT2D eigenvalue weighted by Crippen LogP contribution is 2.37. The van der Waals surface area contributed by atoms with Crippen LogP contribution in [0.2, 0.25) is 0 Å². The number of carbonyl (C=O) groups excluding carboxylic acids is 2. The number of hydrogen-bond donors (Lipinski definition) is 2. The van der Waals surface area contributed by atoms with Crippen molar-refractivity contribution in [3.8, 4) is 0 Å². The fraction of sp³-hybridized carbons (Fsp3) is 0.333. The van der Waals surface area contributed by atoms with E-state index in [9.17, 15) is 32.3 Å². The first-order valence-electron chi connectivity index (χ1n) is 5.72. The Morgan fingerprint density at radius 2 is 1.96 bits per heavy atom. The highest BCUT2D eigenvalue weighted by Gasteiger charge is 2.67. The first-order valence-corrected chi connectivity index (χ1v) is 6.95. The summed E-state index contributed by atoms with van der Waals surface area (Å²) in [5.74, 6) is -4.78. The second-order valence-electron chi connectivity index (χ2n) is 4.23. The van der Waals surface area contributed by atoms with Crippen LogP contribution < -0.4 is 5.32 Å². The van der Waals surface area contributed by atoms with E-state index in [0.717, 1.165) is 12.1 Å². The number of anilines is 1. The minimum absolute atomic E-state index is 0.316. The quantitative estimate of drug-likeness (QED) is 0.444. The summed E-state index contributed by atoms with van der Waals surface area (Å²) in [6, 6.07) is 3.29. The number of halogens is 6. The summed E-state index contributed by atoms with van der Waals surface area (Å²) in [6.07, 6.45) is -5.60. The molecule has 1 aromatic carbocycles. The Kier molecular flexibility index (Phi) is 6.00. The first-order chi connectivity index (χ1) is 10.4. The molecule has 0 aliphatic carbocycles. The molecule has 1 rings (SSSR count). The van der Waals surface area contributed by atoms with Crippen molar-refractivity contribution in [2.45, 2.75) is 17.2 Å². The predicted molar refractivity (Wildman–Crippen MR) is 75.4 cm³/mol. The maximum atomic E-state index is 13.6. The molecule has 0 aliphatic rings. The Morgan fingerprint density at radius 3 is 2.39 bits per heavy atom. The van der Waals surface area contributed by atoms with Crippen molar-refractivity contribution in [2.24, 2.45) is 0 Å². The first kappa shape index (κ1) is 19.7. The van der Waals surface area contributed by atoms with Crippen LogP contribution in [0.1, 0.15) is 0 Å². The number of alkyl halides is 4. The van der Waals surface area contributed by atoms with Crippen LogP contribution in [-0.2, 0) is 14.3 Å². The predicted octanol–water partition coefficient (Wildman–Crippen LogP) is 2.60. The lowest BCUT2D eigenvalue weighted by Crippen LogP contribution is -2.62. The molecule has 11 heteroatoms. The Labute approximate surface area is 140 Å². The lowest BCUT2D eigenvalue weighted by Gasteiger charge is -2.30. The molecule has 2 atom stereocenters. The van der Waals surface area contributed by atoms with Crippen molar-refractivity contribution in [3.63, 3.8) is 0 Å². The Balaban J connectivity index is 3.12.